The number of methoxy groups -OCH3 is 2. The van der Waals surface area contributed by atoms with Crippen LogP contribution in [0.3, 0.4) is 0 Å². The van der Waals surface area contributed by atoms with E-state index < -0.39 is 0 Å². The van der Waals surface area contributed by atoms with Gasteiger partial charge in [0.05, 0.1) is 0 Å². The molecule has 12 heavy (non-hydrogen) atoms. The van der Waals surface area contributed by atoms with Gasteiger partial charge in [0.25, 0.3) is 0 Å². The molecule has 0 rings (SSSR count). The first kappa shape index (κ1) is 12.1. The van der Waals surface area contributed by atoms with Gasteiger partial charge in [0.15, 0.2) is 6.29 Å². The Kier molecular flexibility index (Phi) is 9.26. The van der Waals surface area contributed by atoms with Crippen molar-refractivity contribution in [1.82, 2.24) is 0 Å². The van der Waals surface area contributed by atoms with Crippen molar-refractivity contribution < 1.29 is 9.47 Å². The normalized spacial score (nSPS) is 12.0. The van der Waals surface area contributed by atoms with Gasteiger partial charge in [0.1, 0.15) is 0 Å². The number of hydrogen-bond donors (Lipinski definition) is 1. The maximum Gasteiger partial charge on any atom is 0.153 e. The predicted molar refractivity (Wildman–Crippen MR) is 54.3 cm³/mol. The van der Waals surface area contributed by atoms with Crippen LogP contribution in [0.15, 0.2) is 0 Å². The average Bonchev–Trinajstić information content (AvgIpc) is 2.11. The summed E-state index contributed by atoms with van der Waals surface area (Å²) in [6, 6.07) is 2.48. The van der Waals surface area contributed by atoms with Crippen molar-refractivity contribution in [3.05, 3.63) is 0 Å². The fourth-order valence-corrected chi connectivity index (χ4v) is 2.94. The second-order valence-electron chi connectivity index (χ2n) is 2.89. The molecular weight excluding hydrogens is 170 g/mol. The first-order valence-electron chi connectivity index (χ1n) is 4.60. The molecule has 0 aliphatic rings. The summed E-state index contributed by atoms with van der Waals surface area (Å²) >= 11 is 0. The van der Waals surface area contributed by atoms with E-state index >= 15 is 0 Å². The Morgan fingerprint density at radius 2 is 1.92 bits per heavy atom. The molecule has 0 unspecified atom stereocenters. The molecule has 4 heteroatoms. The zero-order valence-corrected chi connectivity index (χ0v) is 9.63. The summed E-state index contributed by atoms with van der Waals surface area (Å²) in [5.74, 6) is 0. The summed E-state index contributed by atoms with van der Waals surface area (Å²) in [5.41, 5.74) is 5.39. The summed E-state index contributed by atoms with van der Waals surface area (Å²) in [6.45, 7) is 0.826. The molecule has 0 fully saturated rings. The molecule has 0 saturated carbocycles. The lowest BCUT2D eigenvalue weighted by Gasteiger charge is -2.11. The van der Waals surface area contributed by atoms with Gasteiger partial charge < -0.3 is 15.2 Å². The number of rotatable bonds is 8. The van der Waals surface area contributed by atoms with Crippen molar-refractivity contribution in [2.75, 3.05) is 20.8 Å². The molecule has 0 heterocycles. The second-order valence-corrected chi connectivity index (χ2v) is 4.88. The smallest absolute Gasteiger partial charge is 0.153 e. The molecule has 0 aromatic rings. The third kappa shape index (κ3) is 6.79. The van der Waals surface area contributed by atoms with E-state index in [-0.39, 0.29) is 15.8 Å². The first-order valence-corrected chi connectivity index (χ1v) is 6.60. The van der Waals surface area contributed by atoms with Gasteiger partial charge in [-0.05, 0) is 19.0 Å². The van der Waals surface area contributed by atoms with Gasteiger partial charge in [0.2, 0.25) is 0 Å². The van der Waals surface area contributed by atoms with Crippen LogP contribution in [0.1, 0.15) is 12.8 Å². The number of ether oxygens (including phenoxy) is 2. The first-order chi connectivity index (χ1) is 5.85. The van der Waals surface area contributed by atoms with Crippen LogP contribution in [0.2, 0.25) is 12.1 Å². The molecule has 0 radical (unpaired) electrons. The highest BCUT2D eigenvalue weighted by molar-refractivity contribution is 6.35. The summed E-state index contributed by atoms with van der Waals surface area (Å²) in [6.07, 6.45) is 2.48. The van der Waals surface area contributed by atoms with E-state index in [9.17, 15) is 0 Å². The summed E-state index contributed by atoms with van der Waals surface area (Å²) in [7, 11) is 3.41. The van der Waals surface area contributed by atoms with E-state index in [2.05, 4.69) is 0 Å². The van der Waals surface area contributed by atoms with E-state index in [1.54, 1.807) is 14.2 Å². The maximum atomic E-state index is 5.39. The number of hydrogen-bond acceptors (Lipinski definition) is 3. The van der Waals surface area contributed by atoms with Gasteiger partial charge >= 0.3 is 0 Å². The van der Waals surface area contributed by atoms with Crippen molar-refractivity contribution in [1.29, 1.82) is 0 Å². The van der Waals surface area contributed by atoms with E-state index in [0.29, 0.717) is 0 Å². The van der Waals surface area contributed by atoms with Crippen LogP contribution in [0.5, 0.6) is 0 Å². The monoisotopic (exact) mass is 191 g/mol. The van der Waals surface area contributed by atoms with Crippen LogP contribution in [0, 0.1) is 0 Å². The van der Waals surface area contributed by atoms with Gasteiger partial charge in [-0.2, -0.15) is 0 Å². The Hall–Kier alpha value is 0.0969. The molecule has 0 amide bonds. The van der Waals surface area contributed by atoms with Crippen LogP contribution in [0.4, 0.5) is 0 Å². The molecule has 0 bridgehead atoms. The van der Waals surface area contributed by atoms with Crippen molar-refractivity contribution >= 4 is 9.52 Å². The van der Waals surface area contributed by atoms with Crippen molar-refractivity contribution in [3.8, 4) is 0 Å². The average molecular weight is 191 g/mol. The van der Waals surface area contributed by atoms with E-state index in [0.717, 1.165) is 19.0 Å². The van der Waals surface area contributed by atoms with E-state index in [1.165, 1.54) is 12.5 Å². The fraction of sp³-hybridized carbons (Fsp3) is 1.00. The Morgan fingerprint density at radius 1 is 1.25 bits per heavy atom. The molecular formula is C8H21NO2Si. The number of nitrogens with two attached hydrogens (primary N) is 1. The Morgan fingerprint density at radius 3 is 2.42 bits per heavy atom. The molecule has 0 aromatic carbocycles. The Bertz CT molecular complexity index is 89.1. The molecule has 3 nitrogen and oxygen atoms in total. The van der Waals surface area contributed by atoms with Crippen LogP contribution < -0.4 is 5.73 Å². The zero-order valence-electron chi connectivity index (χ0n) is 8.21. The maximum absolute atomic E-state index is 5.39. The molecule has 0 aromatic heterocycles. The molecule has 0 spiro atoms. The fourth-order valence-electron chi connectivity index (χ4n) is 1.14. The highest BCUT2D eigenvalue weighted by atomic mass is 28.2. The standard InChI is InChI=1S/C8H21NO2Si/c1-10-8(11-2)7-12-6-4-3-5-9/h8H,3-7,9,12H2,1-2H3. The van der Waals surface area contributed by atoms with Gasteiger partial charge in [-0.15, -0.1) is 0 Å². The second kappa shape index (κ2) is 9.19. The lowest BCUT2D eigenvalue weighted by Crippen LogP contribution is -2.14. The lowest BCUT2D eigenvalue weighted by atomic mass is 10.3. The highest BCUT2D eigenvalue weighted by Crippen LogP contribution is 2.02. The minimum absolute atomic E-state index is 0.0160. The van der Waals surface area contributed by atoms with Crippen LogP contribution in [0.25, 0.3) is 0 Å². The predicted octanol–water partition coefficient (Wildman–Crippen LogP) is 0.350. The summed E-state index contributed by atoms with van der Waals surface area (Å²) < 4.78 is 10.2. The number of unbranched alkanes of at least 4 members (excludes halogenated alkanes) is 1. The third-order valence-electron chi connectivity index (χ3n) is 1.92. The van der Waals surface area contributed by atoms with Gasteiger partial charge in [-0.1, -0.05) is 12.5 Å². The quantitative estimate of drug-likeness (QED) is 0.342. The zero-order chi connectivity index (χ0) is 9.23. The largest absolute Gasteiger partial charge is 0.356 e. The topological polar surface area (TPSA) is 44.5 Å². The molecule has 2 N–H and O–H groups in total. The van der Waals surface area contributed by atoms with Crippen LogP contribution >= 0.6 is 0 Å². The van der Waals surface area contributed by atoms with Crippen LogP contribution in [-0.4, -0.2) is 36.6 Å². The molecule has 0 atom stereocenters. The van der Waals surface area contributed by atoms with Gasteiger partial charge in [-0.25, -0.2) is 0 Å². The summed E-state index contributed by atoms with van der Waals surface area (Å²) in [4.78, 5) is 0. The van der Waals surface area contributed by atoms with Crippen molar-refractivity contribution in [2.24, 2.45) is 5.73 Å². The van der Waals surface area contributed by atoms with E-state index in [4.69, 9.17) is 15.2 Å². The van der Waals surface area contributed by atoms with Gasteiger partial charge in [0, 0.05) is 23.7 Å². The third-order valence-corrected chi connectivity index (χ3v) is 3.80. The minimum Gasteiger partial charge on any atom is -0.356 e. The van der Waals surface area contributed by atoms with Crippen molar-refractivity contribution in [2.45, 2.75) is 31.2 Å². The molecule has 0 aliphatic carbocycles. The lowest BCUT2D eigenvalue weighted by molar-refractivity contribution is -0.0876. The minimum atomic E-state index is 0.0160. The molecule has 74 valence electrons. The van der Waals surface area contributed by atoms with Gasteiger partial charge in [-0.3, -0.25) is 0 Å². The highest BCUT2D eigenvalue weighted by Gasteiger charge is 2.03. The molecule has 0 aliphatic heterocycles. The Labute approximate surface area is 77.4 Å². The van der Waals surface area contributed by atoms with Crippen LogP contribution in [-0.2, 0) is 9.47 Å². The SMILES string of the molecule is COC(C[SiH2]CCCCN)OC. The van der Waals surface area contributed by atoms with Crippen molar-refractivity contribution in [3.63, 3.8) is 0 Å². The van der Waals surface area contributed by atoms with E-state index in [1.807, 2.05) is 0 Å². The molecule has 0 saturated heterocycles. The summed E-state index contributed by atoms with van der Waals surface area (Å²) in [5, 5.41) is 0. The Balaban J connectivity index is 3.06.